The highest BCUT2D eigenvalue weighted by molar-refractivity contribution is 5.54. The molecule has 4 heteroatoms. The molecule has 1 heterocycles. The smallest absolute Gasteiger partial charge is 0.134 e. The molecule has 1 rings (SSSR count). The Kier molecular flexibility index (Phi) is 4.16. The number of nitrogens with one attached hydrogen (secondary N) is 1. The largest absolute Gasteiger partial charge is 0.383 e. The molecule has 0 amide bonds. The van der Waals surface area contributed by atoms with Crippen LogP contribution in [0.1, 0.15) is 32.3 Å². The molecule has 3 N–H and O–H groups in total. The lowest BCUT2D eigenvalue weighted by Gasteiger charge is -2.10. The zero-order chi connectivity index (χ0) is 10.4. The summed E-state index contributed by atoms with van der Waals surface area (Å²) in [5, 5.41) is 3.26. The van der Waals surface area contributed by atoms with Gasteiger partial charge in [0.2, 0.25) is 0 Å². The van der Waals surface area contributed by atoms with Crippen LogP contribution in [0.3, 0.4) is 0 Å². The Balaban J connectivity index is 2.83. The number of nitrogens with two attached hydrogens (primary N) is 1. The van der Waals surface area contributed by atoms with Gasteiger partial charge in [-0.3, -0.25) is 0 Å². The molecule has 0 atom stereocenters. The maximum atomic E-state index is 5.79. The number of hydrogen-bond acceptors (Lipinski definition) is 4. The molecular weight excluding hydrogens is 176 g/mol. The van der Waals surface area contributed by atoms with Crippen molar-refractivity contribution in [1.82, 2.24) is 9.97 Å². The zero-order valence-electron chi connectivity index (χ0n) is 8.88. The summed E-state index contributed by atoms with van der Waals surface area (Å²) in [6, 6.07) is 0. The number of hydrogen-bond donors (Lipinski definition) is 2. The molecule has 0 aliphatic heterocycles. The summed E-state index contributed by atoms with van der Waals surface area (Å²) < 4.78 is 0. The minimum Gasteiger partial charge on any atom is -0.383 e. The van der Waals surface area contributed by atoms with Crippen molar-refractivity contribution >= 4 is 11.6 Å². The SMILES string of the molecule is CCCNc1ncnc(N)c1CCC. The Hall–Kier alpha value is -1.32. The van der Waals surface area contributed by atoms with Gasteiger partial charge in [-0.1, -0.05) is 20.3 Å². The predicted molar refractivity (Wildman–Crippen MR) is 59.2 cm³/mol. The molecule has 4 nitrogen and oxygen atoms in total. The first-order chi connectivity index (χ1) is 6.79. The summed E-state index contributed by atoms with van der Waals surface area (Å²) in [6.07, 6.45) is 4.57. The van der Waals surface area contributed by atoms with E-state index < -0.39 is 0 Å². The van der Waals surface area contributed by atoms with Gasteiger partial charge in [-0.25, -0.2) is 9.97 Å². The van der Waals surface area contributed by atoms with Gasteiger partial charge in [0, 0.05) is 12.1 Å². The fourth-order valence-corrected chi connectivity index (χ4v) is 1.32. The minimum atomic E-state index is 0.598. The average Bonchev–Trinajstić information content (AvgIpc) is 2.19. The van der Waals surface area contributed by atoms with Crippen molar-refractivity contribution < 1.29 is 0 Å². The summed E-state index contributed by atoms with van der Waals surface area (Å²) in [5.41, 5.74) is 6.83. The van der Waals surface area contributed by atoms with E-state index >= 15 is 0 Å². The molecule has 0 aromatic carbocycles. The molecule has 0 unspecified atom stereocenters. The standard InChI is InChI=1S/C10H18N4/c1-3-5-8-9(11)13-7-14-10(8)12-6-4-2/h7H,3-6H2,1-2H3,(H3,11,12,13,14). The van der Waals surface area contributed by atoms with Crippen LogP contribution < -0.4 is 11.1 Å². The minimum absolute atomic E-state index is 0.598. The lowest BCUT2D eigenvalue weighted by atomic mass is 10.1. The van der Waals surface area contributed by atoms with Crippen molar-refractivity contribution in [1.29, 1.82) is 0 Å². The Morgan fingerprint density at radius 1 is 1.29 bits per heavy atom. The van der Waals surface area contributed by atoms with Gasteiger partial charge in [0.15, 0.2) is 0 Å². The van der Waals surface area contributed by atoms with E-state index in [9.17, 15) is 0 Å². The topological polar surface area (TPSA) is 63.8 Å². The maximum Gasteiger partial charge on any atom is 0.134 e. The molecule has 78 valence electrons. The van der Waals surface area contributed by atoms with Gasteiger partial charge in [0.05, 0.1) is 0 Å². The molecule has 0 bridgehead atoms. The summed E-state index contributed by atoms with van der Waals surface area (Å²) in [4.78, 5) is 8.19. The van der Waals surface area contributed by atoms with E-state index in [2.05, 4.69) is 29.1 Å². The highest BCUT2D eigenvalue weighted by Crippen LogP contribution is 2.18. The average molecular weight is 194 g/mol. The summed E-state index contributed by atoms with van der Waals surface area (Å²) >= 11 is 0. The van der Waals surface area contributed by atoms with Crippen molar-refractivity contribution in [3.8, 4) is 0 Å². The molecule has 1 aromatic heterocycles. The number of anilines is 2. The normalized spacial score (nSPS) is 10.1. The fraction of sp³-hybridized carbons (Fsp3) is 0.600. The Morgan fingerprint density at radius 3 is 2.71 bits per heavy atom. The van der Waals surface area contributed by atoms with Crippen LogP contribution in [0.4, 0.5) is 11.6 Å². The van der Waals surface area contributed by atoms with Crippen molar-refractivity contribution in [2.45, 2.75) is 33.1 Å². The van der Waals surface area contributed by atoms with E-state index in [1.54, 1.807) is 0 Å². The summed E-state index contributed by atoms with van der Waals surface area (Å²) in [5.74, 6) is 1.49. The van der Waals surface area contributed by atoms with Crippen LogP contribution in [0.15, 0.2) is 6.33 Å². The first kappa shape index (κ1) is 10.8. The molecule has 0 spiro atoms. The molecule has 0 saturated carbocycles. The van der Waals surface area contributed by atoms with Gasteiger partial charge >= 0.3 is 0 Å². The maximum absolute atomic E-state index is 5.79. The van der Waals surface area contributed by atoms with Crippen LogP contribution in [0.2, 0.25) is 0 Å². The third-order valence-electron chi connectivity index (χ3n) is 2.02. The summed E-state index contributed by atoms with van der Waals surface area (Å²) in [7, 11) is 0. The van der Waals surface area contributed by atoms with Crippen molar-refractivity contribution in [2.24, 2.45) is 0 Å². The highest BCUT2D eigenvalue weighted by atomic mass is 15.0. The van der Waals surface area contributed by atoms with E-state index in [0.29, 0.717) is 5.82 Å². The first-order valence-corrected chi connectivity index (χ1v) is 5.12. The molecule has 0 radical (unpaired) electrons. The molecule has 1 aromatic rings. The highest BCUT2D eigenvalue weighted by Gasteiger charge is 2.06. The zero-order valence-corrected chi connectivity index (χ0v) is 8.88. The third kappa shape index (κ3) is 2.58. The number of rotatable bonds is 5. The molecule has 0 aliphatic rings. The van der Waals surface area contributed by atoms with Crippen LogP contribution in [0.5, 0.6) is 0 Å². The van der Waals surface area contributed by atoms with Gasteiger partial charge < -0.3 is 11.1 Å². The van der Waals surface area contributed by atoms with Crippen LogP contribution in [0.25, 0.3) is 0 Å². The number of nitrogens with zero attached hydrogens (tertiary/aromatic N) is 2. The van der Waals surface area contributed by atoms with E-state index in [1.165, 1.54) is 6.33 Å². The van der Waals surface area contributed by atoms with Gasteiger partial charge in [-0.15, -0.1) is 0 Å². The van der Waals surface area contributed by atoms with E-state index in [1.807, 2.05) is 0 Å². The first-order valence-electron chi connectivity index (χ1n) is 5.12. The lowest BCUT2D eigenvalue weighted by molar-refractivity contribution is 0.893. The van der Waals surface area contributed by atoms with Crippen LogP contribution in [-0.2, 0) is 6.42 Å². The monoisotopic (exact) mass is 194 g/mol. The molecule has 0 fully saturated rings. The van der Waals surface area contributed by atoms with Crippen LogP contribution in [-0.4, -0.2) is 16.5 Å². The second-order valence-corrected chi connectivity index (χ2v) is 3.26. The van der Waals surface area contributed by atoms with E-state index in [4.69, 9.17) is 5.73 Å². The molecular formula is C10H18N4. The van der Waals surface area contributed by atoms with Crippen molar-refractivity contribution in [3.05, 3.63) is 11.9 Å². The fourth-order valence-electron chi connectivity index (χ4n) is 1.32. The van der Waals surface area contributed by atoms with Crippen LogP contribution >= 0.6 is 0 Å². The van der Waals surface area contributed by atoms with Crippen molar-refractivity contribution in [2.75, 3.05) is 17.6 Å². The second-order valence-electron chi connectivity index (χ2n) is 3.26. The predicted octanol–water partition coefficient (Wildman–Crippen LogP) is 1.83. The van der Waals surface area contributed by atoms with Gasteiger partial charge in [-0.2, -0.15) is 0 Å². The lowest BCUT2D eigenvalue weighted by Crippen LogP contribution is -2.08. The van der Waals surface area contributed by atoms with E-state index in [-0.39, 0.29) is 0 Å². The summed E-state index contributed by atoms with van der Waals surface area (Å²) in [6.45, 7) is 5.17. The van der Waals surface area contributed by atoms with Crippen LogP contribution in [0, 0.1) is 0 Å². The third-order valence-corrected chi connectivity index (χ3v) is 2.02. The Morgan fingerprint density at radius 2 is 2.07 bits per heavy atom. The van der Waals surface area contributed by atoms with Gasteiger partial charge in [0.1, 0.15) is 18.0 Å². The molecule has 0 saturated heterocycles. The van der Waals surface area contributed by atoms with Crippen molar-refractivity contribution in [3.63, 3.8) is 0 Å². The number of nitrogen functional groups attached to an aromatic ring is 1. The van der Waals surface area contributed by atoms with E-state index in [0.717, 1.165) is 37.2 Å². The molecule has 14 heavy (non-hydrogen) atoms. The Labute approximate surface area is 85.0 Å². The second kappa shape index (κ2) is 5.42. The Bertz CT molecular complexity index is 285. The van der Waals surface area contributed by atoms with Gasteiger partial charge in [-0.05, 0) is 12.8 Å². The molecule has 0 aliphatic carbocycles. The van der Waals surface area contributed by atoms with Gasteiger partial charge in [0.25, 0.3) is 0 Å². The number of aromatic nitrogens is 2. The quantitative estimate of drug-likeness (QED) is 0.750.